The van der Waals surface area contributed by atoms with Crippen LogP contribution in [0.4, 0.5) is 0 Å². The largest absolute Gasteiger partial charge is 0.311 e. The van der Waals surface area contributed by atoms with E-state index in [-0.39, 0.29) is 0 Å². The van der Waals surface area contributed by atoms with Crippen LogP contribution in [0.5, 0.6) is 0 Å². The van der Waals surface area contributed by atoms with Crippen LogP contribution in [0.15, 0.2) is 29.8 Å². The van der Waals surface area contributed by atoms with E-state index < -0.39 is 0 Å². The summed E-state index contributed by atoms with van der Waals surface area (Å²) in [6.45, 7) is 9.85. The Bertz CT molecular complexity index is 352. The molecule has 1 rings (SSSR count). The summed E-state index contributed by atoms with van der Waals surface area (Å²) in [5.41, 5.74) is 4.05. The maximum atomic E-state index is 3.50. The summed E-state index contributed by atoms with van der Waals surface area (Å²) in [5.74, 6) is 0. The third kappa shape index (κ3) is 3.82. The highest BCUT2D eigenvalue weighted by atomic mass is 14.9. The van der Waals surface area contributed by atoms with Gasteiger partial charge in [-0.25, -0.2) is 0 Å². The van der Waals surface area contributed by atoms with Crippen LogP contribution in [-0.4, -0.2) is 12.6 Å². The first-order valence-electron chi connectivity index (χ1n) is 6.12. The maximum Gasteiger partial charge on any atom is 0.0251 e. The number of nitrogens with one attached hydrogen (secondary N) is 1. The Morgan fingerprint density at radius 2 is 2.06 bits per heavy atom. The minimum absolute atomic E-state index is 0.458. The quantitative estimate of drug-likeness (QED) is 0.791. The van der Waals surface area contributed by atoms with Gasteiger partial charge in [0.25, 0.3) is 0 Å². The molecular formula is C15H23N. The van der Waals surface area contributed by atoms with Gasteiger partial charge >= 0.3 is 0 Å². The van der Waals surface area contributed by atoms with E-state index >= 15 is 0 Å². The van der Waals surface area contributed by atoms with Crippen molar-refractivity contribution in [1.29, 1.82) is 0 Å². The highest BCUT2D eigenvalue weighted by Crippen LogP contribution is 2.13. The Kier molecular flexibility index (Phi) is 5.27. The predicted molar refractivity (Wildman–Crippen MR) is 72.6 cm³/mol. The molecule has 1 unspecified atom stereocenters. The lowest BCUT2D eigenvalue weighted by Crippen LogP contribution is -2.27. The molecule has 1 aromatic carbocycles. The summed E-state index contributed by atoms with van der Waals surface area (Å²) in [5, 5.41) is 3.50. The van der Waals surface area contributed by atoms with Crippen LogP contribution in [0, 0.1) is 6.92 Å². The van der Waals surface area contributed by atoms with Gasteiger partial charge in [0.15, 0.2) is 0 Å². The SMILES string of the molecule is CCCNC(C)/C(C)=C/c1ccccc1C. The van der Waals surface area contributed by atoms with Crippen LogP contribution in [-0.2, 0) is 0 Å². The number of hydrogen-bond acceptors (Lipinski definition) is 1. The molecule has 0 aliphatic rings. The van der Waals surface area contributed by atoms with Gasteiger partial charge in [-0.05, 0) is 44.9 Å². The molecule has 16 heavy (non-hydrogen) atoms. The fourth-order valence-electron chi connectivity index (χ4n) is 1.64. The van der Waals surface area contributed by atoms with E-state index in [0.29, 0.717) is 6.04 Å². The van der Waals surface area contributed by atoms with Crippen LogP contribution in [0.25, 0.3) is 6.08 Å². The lowest BCUT2D eigenvalue weighted by Gasteiger charge is -2.14. The minimum Gasteiger partial charge on any atom is -0.311 e. The van der Waals surface area contributed by atoms with Gasteiger partial charge in [-0.15, -0.1) is 0 Å². The summed E-state index contributed by atoms with van der Waals surface area (Å²) in [7, 11) is 0. The zero-order valence-corrected chi connectivity index (χ0v) is 10.9. The van der Waals surface area contributed by atoms with Crippen molar-refractivity contribution < 1.29 is 0 Å². The molecular weight excluding hydrogens is 194 g/mol. The first-order chi connectivity index (χ1) is 7.65. The van der Waals surface area contributed by atoms with E-state index in [0.717, 1.165) is 6.54 Å². The van der Waals surface area contributed by atoms with Gasteiger partial charge in [-0.1, -0.05) is 42.8 Å². The Morgan fingerprint density at radius 3 is 2.69 bits per heavy atom. The smallest absolute Gasteiger partial charge is 0.0251 e. The molecule has 0 aliphatic carbocycles. The van der Waals surface area contributed by atoms with Crippen molar-refractivity contribution in [3.8, 4) is 0 Å². The van der Waals surface area contributed by atoms with Crippen LogP contribution in [0.2, 0.25) is 0 Å². The molecule has 1 heteroatoms. The van der Waals surface area contributed by atoms with Crippen molar-refractivity contribution in [2.45, 2.75) is 40.2 Å². The zero-order valence-electron chi connectivity index (χ0n) is 10.9. The first-order valence-corrected chi connectivity index (χ1v) is 6.12. The molecule has 1 N–H and O–H groups in total. The van der Waals surface area contributed by atoms with Crippen LogP contribution < -0.4 is 5.32 Å². The molecule has 0 saturated carbocycles. The highest BCUT2D eigenvalue weighted by molar-refractivity contribution is 5.56. The van der Waals surface area contributed by atoms with Crippen molar-refractivity contribution in [2.75, 3.05) is 6.54 Å². The predicted octanol–water partition coefficient (Wildman–Crippen LogP) is 3.79. The molecule has 0 radical (unpaired) electrons. The molecule has 0 heterocycles. The van der Waals surface area contributed by atoms with Gasteiger partial charge in [0.05, 0.1) is 0 Å². The van der Waals surface area contributed by atoms with E-state index in [4.69, 9.17) is 0 Å². The summed E-state index contributed by atoms with van der Waals surface area (Å²) in [6.07, 6.45) is 3.46. The number of rotatable bonds is 5. The van der Waals surface area contributed by atoms with E-state index in [9.17, 15) is 0 Å². The third-order valence-corrected chi connectivity index (χ3v) is 2.96. The molecule has 0 spiro atoms. The minimum atomic E-state index is 0.458. The van der Waals surface area contributed by atoms with Crippen molar-refractivity contribution in [1.82, 2.24) is 5.32 Å². The van der Waals surface area contributed by atoms with Crippen molar-refractivity contribution >= 4 is 6.08 Å². The van der Waals surface area contributed by atoms with Gasteiger partial charge in [-0.3, -0.25) is 0 Å². The molecule has 88 valence electrons. The average Bonchev–Trinajstić information content (AvgIpc) is 2.28. The van der Waals surface area contributed by atoms with Gasteiger partial charge < -0.3 is 5.32 Å². The van der Waals surface area contributed by atoms with Gasteiger partial charge in [0.1, 0.15) is 0 Å². The molecule has 1 atom stereocenters. The molecule has 0 bridgehead atoms. The van der Waals surface area contributed by atoms with Gasteiger partial charge in [-0.2, -0.15) is 0 Å². The number of aryl methyl sites for hydroxylation is 1. The van der Waals surface area contributed by atoms with E-state index in [1.54, 1.807) is 0 Å². The molecule has 0 fully saturated rings. The summed E-state index contributed by atoms with van der Waals surface area (Å²) < 4.78 is 0. The monoisotopic (exact) mass is 217 g/mol. The van der Waals surface area contributed by atoms with E-state index in [1.165, 1.54) is 23.1 Å². The first kappa shape index (κ1) is 13.0. The fraction of sp³-hybridized carbons (Fsp3) is 0.467. The number of benzene rings is 1. The molecule has 0 aliphatic heterocycles. The van der Waals surface area contributed by atoms with Gasteiger partial charge in [0, 0.05) is 6.04 Å². The second-order valence-corrected chi connectivity index (χ2v) is 4.42. The summed E-state index contributed by atoms with van der Waals surface area (Å²) in [4.78, 5) is 0. The van der Waals surface area contributed by atoms with Crippen LogP contribution in [0.1, 0.15) is 38.3 Å². The molecule has 0 amide bonds. The summed E-state index contributed by atoms with van der Waals surface area (Å²) >= 11 is 0. The Hall–Kier alpha value is -1.08. The average molecular weight is 217 g/mol. The Labute approximate surface area is 99.6 Å². The lowest BCUT2D eigenvalue weighted by atomic mass is 10.0. The molecule has 0 saturated heterocycles. The standard InChI is InChI=1S/C15H23N/c1-5-10-16-14(4)13(3)11-15-9-7-6-8-12(15)2/h6-9,11,14,16H,5,10H2,1-4H3/b13-11+. The zero-order chi connectivity index (χ0) is 12.0. The highest BCUT2D eigenvalue weighted by Gasteiger charge is 2.03. The Balaban J connectivity index is 2.72. The van der Waals surface area contributed by atoms with Crippen molar-refractivity contribution in [3.05, 3.63) is 41.0 Å². The third-order valence-electron chi connectivity index (χ3n) is 2.96. The summed E-state index contributed by atoms with van der Waals surface area (Å²) in [6, 6.07) is 8.96. The van der Waals surface area contributed by atoms with E-state index in [2.05, 4.69) is 63.4 Å². The number of hydrogen-bond donors (Lipinski definition) is 1. The fourth-order valence-corrected chi connectivity index (χ4v) is 1.64. The van der Waals surface area contributed by atoms with Crippen molar-refractivity contribution in [3.63, 3.8) is 0 Å². The van der Waals surface area contributed by atoms with Crippen molar-refractivity contribution in [2.24, 2.45) is 0 Å². The van der Waals surface area contributed by atoms with Crippen LogP contribution in [0.3, 0.4) is 0 Å². The molecule has 1 nitrogen and oxygen atoms in total. The normalized spacial score (nSPS) is 13.9. The molecule has 1 aromatic rings. The molecule has 0 aromatic heterocycles. The topological polar surface area (TPSA) is 12.0 Å². The van der Waals surface area contributed by atoms with Gasteiger partial charge in [0.2, 0.25) is 0 Å². The lowest BCUT2D eigenvalue weighted by molar-refractivity contribution is 0.604. The second-order valence-electron chi connectivity index (χ2n) is 4.42. The maximum absolute atomic E-state index is 3.50. The second kappa shape index (κ2) is 6.49. The van der Waals surface area contributed by atoms with E-state index in [1.807, 2.05) is 0 Å². The van der Waals surface area contributed by atoms with Crippen LogP contribution >= 0.6 is 0 Å². The Morgan fingerprint density at radius 1 is 1.38 bits per heavy atom.